The van der Waals surface area contributed by atoms with Crippen molar-refractivity contribution in [1.29, 1.82) is 0 Å². The zero-order valence-electron chi connectivity index (χ0n) is 12.0. The van der Waals surface area contributed by atoms with Gasteiger partial charge >= 0.3 is 0 Å². The number of rotatable bonds is 2. The summed E-state index contributed by atoms with van der Waals surface area (Å²) in [6.07, 6.45) is 3.49. The summed E-state index contributed by atoms with van der Waals surface area (Å²) in [6, 6.07) is 8.45. The molecule has 0 amide bonds. The molecular formula is C17H16FN3. The second-order valence-electron chi connectivity index (χ2n) is 5.21. The maximum atomic E-state index is 13.8. The molecule has 0 bridgehead atoms. The van der Waals surface area contributed by atoms with Gasteiger partial charge in [0.05, 0.1) is 11.2 Å². The van der Waals surface area contributed by atoms with Gasteiger partial charge in [0, 0.05) is 29.4 Å². The predicted octanol–water partition coefficient (Wildman–Crippen LogP) is 3.76. The Labute approximate surface area is 122 Å². The third-order valence-electron chi connectivity index (χ3n) is 3.57. The Morgan fingerprint density at radius 1 is 1.19 bits per heavy atom. The number of halogens is 1. The van der Waals surface area contributed by atoms with Crippen LogP contribution in [-0.2, 0) is 0 Å². The van der Waals surface area contributed by atoms with Gasteiger partial charge in [-0.05, 0) is 49.2 Å². The Kier molecular flexibility index (Phi) is 3.39. The lowest BCUT2D eigenvalue weighted by Gasteiger charge is -2.15. The van der Waals surface area contributed by atoms with E-state index in [1.54, 1.807) is 12.4 Å². The smallest absolute Gasteiger partial charge is 0.124 e. The van der Waals surface area contributed by atoms with Crippen molar-refractivity contribution in [2.45, 2.75) is 19.9 Å². The first-order chi connectivity index (χ1) is 10.1. The van der Waals surface area contributed by atoms with Gasteiger partial charge in [-0.1, -0.05) is 6.07 Å². The largest absolute Gasteiger partial charge is 0.324 e. The number of aromatic nitrogens is 2. The molecule has 0 aliphatic carbocycles. The van der Waals surface area contributed by atoms with E-state index in [2.05, 4.69) is 9.97 Å². The highest BCUT2D eigenvalue weighted by molar-refractivity contribution is 5.96. The number of nitrogens with two attached hydrogens (primary N) is 1. The van der Waals surface area contributed by atoms with E-state index < -0.39 is 0 Å². The van der Waals surface area contributed by atoms with Crippen molar-refractivity contribution in [3.8, 4) is 11.3 Å². The van der Waals surface area contributed by atoms with Gasteiger partial charge in [-0.15, -0.1) is 0 Å². The maximum Gasteiger partial charge on any atom is 0.124 e. The van der Waals surface area contributed by atoms with Gasteiger partial charge in [0.1, 0.15) is 5.82 Å². The fourth-order valence-corrected chi connectivity index (χ4v) is 2.59. The van der Waals surface area contributed by atoms with Crippen molar-refractivity contribution >= 4 is 10.9 Å². The molecule has 21 heavy (non-hydrogen) atoms. The second kappa shape index (κ2) is 5.22. The Morgan fingerprint density at radius 2 is 2.00 bits per heavy atom. The molecule has 106 valence electrons. The van der Waals surface area contributed by atoms with Crippen LogP contribution in [0, 0.1) is 12.7 Å². The van der Waals surface area contributed by atoms with Crippen molar-refractivity contribution in [3.05, 3.63) is 59.7 Å². The molecular weight excluding hydrogens is 265 g/mol. The SMILES string of the molecule is Cc1cc(F)cc2c(-c3ccccn3)c(C(C)N)cnc12. The highest BCUT2D eigenvalue weighted by Crippen LogP contribution is 2.33. The lowest BCUT2D eigenvalue weighted by Crippen LogP contribution is -2.08. The Hall–Kier alpha value is -2.33. The van der Waals surface area contributed by atoms with Crippen LogP contribution in [0.3, 0.4) is 0 Å². The fraction of sp³-hybridized carbons (Fsp3) is 0.176. The third kappa shape index (κ3) is 2.38. The molecule has 2 heterocycles. The average molecular weight is 281 g/mol. The monoisotopic (exact) mass is 281 g/mol. The topological polar surface area (TPSA) is 51.8 Å². The zero-order valence-corrected chi connectivity index (χ0v) is 12.0. The van der Waals surface area contributed by atoms with Gasteiger partial charge in [0.25, 0.3) is 0 Å². The van der Waals surface area contributed by atoms with E-state index in [1.165, 1.54) is 12.1 Å². The molecule has 2 aromatic heterocycles. The Morgan fingerprint density at radius 3 is 2.67 bits per heavy atom. The van der Waals surface area contributed by atoms with Crippen LogP contribution in [0.5, 0.6) is 0 Å². The van der Waals surface area contributed by atoms with E-state index in [1.807, 2.05) is 32.0 Å². The van der Waals surface area contributed by atoms with E-state index >= 15 is 0 Å². The first-order valence-corrected chi connectivity index (χ1v) is 6.83. The molecule has 3 aromatic rings. The summed E-state index contributed by atoms with van der Waals surface area (Å²) in [6.45, 7) is 3.74. The molecule has 3 nitrogen and oxygen atoms in total. The number of aryl methyl sites for hydroxylation is 1. The lowest BCUT2D eigenvalue weighted by atomic mass is 9.95. The molecule has 0 saturated heterocycles. The van der Waals surface area contributed by atoms with Crippen molar-refractivity contribution < 1.29 is 4.39 Å². The Bertz CT molecular complexity index is 798. The minimum atomic E-state index is -0.277. The Balaban J connectivity index is 2.45. The molecule has 2 N–H and O–H groups in total. The average Bonchev–Trinajstić information content (AvgIpc) is 2.46. The first-order valence-electron chi connectivity index (χ1n) is 6.83. The van der Waals surface area contributed by atoms with Crippen LogP contribution in [0.15, 0.2) is 42.7 Å². The third-order valence-corrected chi connectivity index (χ3v) is 3.57. The number of nitrogens with zero attached hydrogens (tertiary/aromatic N) is 2. The highest BCUT2D eigenvalue weighted by atomic mass is 19.1. The molecule has 1 unspecified atom stereocenters. The van der Waals surface area contributed by atoms with Crippen molar-refractivity contribution in [2.75, 3.05) is 0 Å². The number of hydrogen-bond donors (Lipinski definition) is 1. The zero-order chi connectivity index (χ0) is 15.0. The minimum Gasteiger partial charge on any atom is -0.324 e. The summed E-state index contributed by atoms with van der Waals surface area (Å²) >= 11 is 0. The maximum absolute atomic E-state index is 13.8. The van der Waals surface area contributed by atoms with Crippen LogP contribution in [0.2, 0.25) is 0 Å². The molecule has 0 aliphatic rings. The number of benzene rings is 1. The molecule has 4 heteroatoms. The first kappa shape index (κ1) is 13.6. The molecule has 0 saturated carbocycles. The molecule has 1 atom stereocenters. The lowest BCUT2D eigenvalue weighted by molar-refractivity contribution is 0.628. The van der Waals surface area contributed by atoms with Crippen molar-refractivity contribution in [2.24, 2.45) is 5.73 Å². The van der Waals surface area contributed by atoms with Crippen LogP contribution in [0.1, 0.15) is 24.1 Å². The summed E-state index contributed by atoms with van der Waals surface area (Å²) in [5.74, 6) is -0.277. The number of pyridine rings is 2. The molecule has 1 aromatic carbocycles. The molecule has 3 rings (SSSR count). The quantitative estimate of drug-likeness (QED) is 0.778. The van der Waals surface area contributed by atoms with Gasteiger partial charge in [-0.25, -0.2) is 4.39 Å². The normalized spacial score (nSPS) is 12.6. The summed E-state index contributed by atoms with van der Waals surface area (Å²) in [7, 11) is 0. The van der Waals surface area contributed by atoms with Gasteiger partial charge in [0.2, 0.25) is 0 Å². The van der Waals surface area contributed by atoms with Gasteiger partial charge in [-0.2, -0.15) is 0 Å². The molecule has 0 aliphatic heterocycles. The highest BCUT2D eigenvalue weighted by Gasteiger charge is 2.16. The van der Waals surface area contributed by atoms with E-state index in [9.17, 15) is 4.39 Å². The standard InChI is InChI=1S/C17H16FN3/c1-10-7-12(18)8-13-16(15-5-3-4-6-20-15)14(11(2)19)9-21-17(10)13/h3-9,11H,19H2,1-2H3. The second-order valence-corrected chi connectivity index (χ2v) is 5.21. The molecule has 0 radical (unpaired) electrons. The summed E-state index contributed by atoms with van der Waals surface area (Å²) in [4.78, 5) is 8.85. The number of fused-ring (bicyclic) bond motifs is 1. The summed E-state index contributed by atoms with van der Waals surface area (Å²) < 4.78 is 13.8. The van der Waals surface area contributed by atoms with Crippen molar-refractivity contribution in [1.82, 2.24) is 9.97 Å². The minimum absolute atomic E-state index is 0.206. The van der Waals surface area contributed by atoms with Gasteiger partial charge in [0.15, 0.2) is 0 Å². The predicted molar refractivity (Wildman–Crippen MR) is 82.3 cm³/mol. The van der Waals surface area contributed by atoms with E-state index in [0.29, 0.717) is 0 Å². The van der Waals surface area contributed by atoms with Crippen LogP contribution < -0.4 is 5.73 Å². The van der Waals surface area contributed by atoms with E-state index in [-0.39, 0.29) is 11.9 Å². The van der Waals surface area contributed by atoms with Crippen LogP contribution in [0.25, 0.3) is 22.2 Å². The van der Waals surface area contributed by atoms with Crippen LogP contribution in [0.4, 0.5) is 4.39 Å². The van der Waals surface area contributed by atoms with Gasteiger partial charge in [-0.3, -0.25) is 9.97 Å². The molecule has 0 spiro atoms. The van der Waals surface area contributed by atoms with E-state index in [0.717, 1.165) is 33.3 Å². The van der Waals surface area contributed by atoms with Crippen LogP contribution >= 0.6 is 0 Å². The van der Waals surface area contributed by atoms with Gasteiger partial charge < -0.3 is 5.73 Å². The summed E-state index contributed by atoms with van der Waals surface area (Å²) in [5, 5.41) is 0.751. The summed E-state index contributed by atoms with van der Waals surface area (Å²) in [5.41, 5.74) is 10.1. The van der Waals surface area contributed by atoms with E-state index in [4.69, 9.17) is 5.73 Å². The molecule has 0 fully saturated rings. The van der Waals surface area contributed by atoms with Crippen LogP contribution in [-0.4, -0.2) is 9.97 Å². The van der Waals surface area contributed by atoms with Crippen molar-refractivity contribution in [3.63, 3.8) is 0 Å². The number of hydrogen-bond acceptors (Lipinski definition) is 3. The fourth-order valence-electron chi connectivity index (χ4n) is 2.59.